The van der Waals surface area contributed by atoms with E-state index < -0.39 is 0 Å². The van der Waals surface area contributed by atoms with Crippen LogP contribution in [0.1, 0.15) is 13.3 Å². The van der Waals surface area contributed by atoms with Crippen LogP contribution >= 0.6 is 11.8 Å². The number of pyridine rings is 1. The summed E-state index contributed by atoms with van der Waals surface area (Å²) in [5, 5.41) is -0.0349. The Morgan fingerprint density at radius 3 is 2.61 bits per heavy atom. The first kappa shape index (κ1) is 12.7. The van der Waals surface area contributed by atoms with Crippen LogP contribution in [0.3, 0.4) is 0 Å². The Labute approximate surface area is 109 Å². The lowest BCUT2D eigenvalue weighted by molar-refractivity contribution is -0.117. The quantitative estimate of drug-likeness (QED) is 0.814. The van der Waals surface area contributed by atoms with E-state index in [0.29, 0.717) is 30.0 Å². The maximum absolute atomic E-state index is 11.9. The Hall–Kier alpha value is -1.76. The van der Waals surface area contributed by atoms with Gasteiger partial charge in [-0.05, 0) is 0 Å². The molecule has 0 radical (unpaired) electrons. The van der Waals surface area contributed by atoms with Gasteiger partial charge in [0, 0.05) is 25.1 Å². The van der Waals surface area contributed by atoms with Gasteiger partial charge in [-0.15, -0.1) is 0 Å². The minimum Gasteiger partial charge on any atom is -0.396 e. The number of anilines is 3. The normalized spacial score (nSPS) is 19.3. The summed E-state index contributed by atoms with van der Waals surface area (Å²) in [5.41, 5.74) is 12.8. The Morgan fingerprint density at radius 2 is 2.06 bits per heavy atom. The molecule has 0 spiro atoms. The van der Waals surface area contributed by atoms with Crippen molar-refractivity contribution in [2.24, 2.45) is 0 Å². The fourth-order valence-corrected chi connectivity index (χ4v) is 2.92. The second-order valence-corrected chi connectivity index (χ2v) is 5.58. The van der Waals surface area contributed by atoms with Gasteiger partial charge in [0.1, 0.15) is 0 Å². The SMILES string of the molecule is CC(=O)SC1CC(=O)N(c2c(N)cncc2N)C1. The van der Waals surface area contributed by atoms with Crippen molar-refractivity contribution in [2.45, 2.75) is 18.6 Å². The van der Waals surface area contributed by atoms with E-state index in [1.54, 1.807) is 0 Å². The van der Waals surface area contributed by atoms with Crippen LogP contribution in [0.15, 0.2) is 12.4 Å². The van der Waals surface area contributed by atoms with Crippen LogP contribution in [0, 0.1) is 0 Å². The summed E-state index contributed by atoms with van der Waals surface area (Å²) >= 11 is 1.18. The number of carbonyl (C=O) groups excluding carboxylic acids is 2. The van der Waals surface area contributed by atoms with E-state index in [-0.39, 0.29) is 16.3 Å². The molecule has 1 aliphatic rings. The molecule has 4 N–H and O–H groups in total. The van der Waals surface area contributed by atoms with Crippen LogP contribution < -0.4 is 16.4 Å². The summed E-state index contributed by atoms with van der Waals surface area (Å²) < 4.78 is 0. The number of amides is 1. The molecule has 2 heterocycles. The van der Waals surface area contributed by atoms with Crippen molar-refractivity contribution in [1.29, 1.82) is 0 Å². The lowest BCUT2D eigenvalue weighted by Gasteiger charge is -2.19. The molecule has 7 heteroatoms. The van der Waals surface area contributed by atoms with Crippen molar-refractivity contribution in [3.05, 3.63) is 12.4 Å². The van der Waals surface area contributed by atoms with Crippen molar-refractivity contribution in [3.63, 3.8) is 0 Å². The van der Waals surface area contributed by atoms with Gasteiger partial charge in [-0.2, -0.15) is 0 Å². The molecule has 18 heavy (non-hydrogen) atoms. The van der Waals surface area contributed by atoms with Gasteiger partial charge in [-0.25, -0.2) is 0 Å². The molecular weight excluding hydrogens is 252 g/mol. The predicted octanol–water partition coefficient (Wildman–Crippen LogP) is 0.631. The third kappa shape index (κ3) is 2.40. The smallest absolute Gasteiger partial charge is 0.228 e. The van der Waals surface area contributed by atoms with Gasteiger partial charge in [-0.1, -0.05) is 11.8 Å². The Balaban J connectivity index is 2.24. The van der Waals surface area contributed by atoms with Gasteiger partial charge in [0.15, 0.2) is 5.12 Å². The number of thioether (sulfide) groups is 1. The largest absolute Gasteiger partial charge is 0.396 e. The highest BCUT2D eigenvalue weighted by molar-refractivity contribution is 8.14. The Bertz CT molecular complexity index is 486. The molecule has 0 aromatic carbocycles. The minimum atomic E-state index is -0.0710. The summed E-state index contributed by atoms with van der Waals surface area (Å²) in [6.45, 7) is 1.94. The third-order valence-electron chi connectivity index (χ3n) is 2.67. The summed E-state index contributed by atoms with van der Waals surface area (Å²) in [4.78, 5) is 28.4. The average Bonchev–Trinajstić information content (AvgIpc) is 2.58. The molecule has 2 rings (SSSR count). The van der Waals surface area contributed by atoms with E-state index in [0.717, 1.165) is 0 Å². The highest BCUT2D eigenvalue weighted by Crippen LogP contribution is 2.35. The van der Waals surface area contributed by atoms with Crippen molar-refractivity contribution in [1.82, 2.24) is 4.98 Å². The highest BCUT2D eigenvalue weighted by atomic mass is 32.2. The zero-order valence-electron chi connectivity index (χ0n) is 9.92. The standard InChI is InChI=1S/C11H14N4O2S/c1-6(16)18-7-2-10(17)15(5-7)11-8(12)3-14-4-9(11)13/h3-4,7H,2,5,12-13H2,1H3. The van der Waals surface area contributed by atoms with Crippen molar-refractivity contribution in [2.75, 3.05) is 22.9 Å². The zero-order valence-corrected chi connectivity index (χ0v) is 10.7. The molecule has 1 fully saturated rings. The molecule has 1 aromatic heterocycles. The van der Waals surface area contributed by atoms with Gasteiger partial charge in [0.05, 0.1) is 29.5 Å². The van der Waals surface area contributed by atoms with Gasteiger partial charge in [0.2, 0.25) is 5.91 Å². The zero-order chi connectivity index (χ0) is 13.3. The van der Waals surface area contributed by atoms with E-state index in [1.807, 2.05) is 0 Å². The monoisotopic (exact) mass is 266 g/mol. The first-order valence-electron chi connectivity index (χ1n) is 5.45. The summed E-state index contributed by atoms with van der Waals surface area (Å²) in [7, 11) is 0. The summed E-state index contributed by atoms with van der Waals surface area (Å²) in [5.74, 6) is -0.0710. The van der Waals surface area contributed by atoms with Crippen LogP contribution in [0.25, 0.3) is 0 Å². The maximum Gasteiger partial charge on any atom is 0.228 e. The van der Waals surface area contributed by atoms with E-state index >= 15 is 0 Å². The van der Waals surface area contributed by atoms with E-state index in [4.69, 9.17) is 11.5 Å². The van der Waals surface area contributed by atoms with Crippen LogP contribution in [0.2, 0.25) is 0 Å². The number of nitrogens with two attached hydrogens (primary N) is 2. The lowest BCUT2D eigenvalue weighted by Crippen LogP contribution is -2.27. The summed E-state index contributed by atoms with van der Waals surface area (Å²) in [6, 6.07) is 0. The predicted molar refractivity (Wildman–Crippen MR) is 72.1 cm³/mol. The fourth-order valence-electron chi connectivity index (χ4n) is 2.00. The maximum atomic E-state index is 11.9. The van der Waals surface area contributed by atoms with Crippen LogP contribution in [0.4, 0.5) is 17.1 Å². The number of nitrogen functional groups attached to an aromatic ring is 2. The Morgan fingerprint density at radius 1 is 1.44 bits per heavy atom. The molecule has 1 aromatic rings. The van der Waals surface area contributed by atoms with Gasteiger partial charge >= 0.3 is 0 Å². The Kier molecular flexibility index (Phi) is 3.42. The molecule has 1 atom stereocenters. The second-order valence-electron chi connectivity index (χ2n) is 4.11. The number of aromatic nitrogens is 1. The highest BCUT2D eigenvalue weighted by Gasteiger charge is 2.33. The molecule has 0 bridgehead atoms. The fraction of sp³-hybridized carbons (Fsp3) is 0.364. The van der Waals surface area contributed by atoms with Crippen molar-refractivity contribution < 1.29 is 9.59 Å². The lowest BCUT2D eigenvalue weighted by atomic mass is 10.3. The van der Waals surface area contributed by atoms with Gasteiger partial charge in [0.25, 0.3) is 0 Å². The molecule has 1 unspecified atom stereocenters. The number of carbonyl (C=O) groups is 2. The number of hydrogen-bond acceptors (Lipinski definition) is 6. The molecule has 1 saturated heterocycles. The molecule has 96 valence electrons. The van der Waals surface area contributed by atoms with E-state index in [9.17, 15) is 9.59 Å². The summed E-state index contributed by atoms with van der Waals surface area (Å²) in [6.07, 6.45) is 3.25. The van der Waals surface area contributed by atoms with Crippen LogP contribution in [0.5, 0.6) is 0 Å². The number of hydrogen-bond donors (Lipinski definition) is 2. The number of nitrogens with zero attached hydrogens (tertiary/aromatic N) is 2. The van der Waals surface area contributed by atoms with Crippen molar-refractivity contribution >= 4 is 39.8 Å². The topological polar surface area (TPSA) is 102 Å². The minimum absolute atomic E-state index is 0.00493. The average molecular weight is 266 g/mol. The second kappa shape index (κ2) is 4.85. The third-order valence-corrected chi connectivity index (χ3v) is 3.65. The molecule has 0 saturated carbocycles. The van der Waals surface area contributed by atoms with Gasteiger partial charge in [-0.3, -0.25) is 14.6 Å². The van der Waals surface area contributed by atoms with Crippen molar-refractivity contribution in [3.8, 4) is 0 Å². The van der Waals surface area contributed by atoms with E-state index in [2.05, 4.69) is 4.98 Å². The molecule has 1 amide bonds. The molecule has 6 nitrogen and oxygen atoms in total. The first-order valence-corrected chi connectivity index (χ1v) is 6.33. The van der Waals surface area contributed by atoms with Crippen LogP contribution in [-0.4, -0.2) is 27.8 Å². The number of rotatable bonds is 2. The van der Waals surface area contributed by atoms with Crippen LogP contribution in [-0.2, 0) is 9.59 Å². The van der Waals surface area contributed by atoms with Gasteiger partial charge < -0.3 is 16.4 Å². The molecule has 1 aliphatic heterocycles. The molecule has 0 aliphatic carbocycles. The molecular formula is C11H14N4O2S. The first-order chi connectivity index (χ1) is 8.49. The van der Waals surface area contributed by atoms with E-state index in [1.165, 1.54) is 36.0 Å².